The first kappa shape index (κ1) is 22.7. The van der Waals surface area contributed by atoms with E-state index in [1.165, 1.54) is 18.2 Å². The third kappa shape index (κ3) is 5.95. The molecule has 2 aromatic rings. The van der Waals surface area contributed by atoms with Crippen molar-refractivity contribution in [3.05, 3.63) is 33.9 Å². The first-order valence-electron chi connectivity index (χ1n) is 8.77. The van der Waals surface area contributed by atoms with E-state index in [4.69, 9.17) is 14.2 Å². The molecular formula is C18H19N5O6S. The molecule has 0 atom stereocenters. The first-order chi connectivity index (χ1) is 14.4. The van der Waals surface area contributed by atoms with Crippen molar-refractivity contribution in [2.45, 2.75) is 19.0 Å². The molecule has 11 nitrogen and oxygen atoms in total. The van der Waals surface area contributed by atoms with Crippen LogP contribution in [0.1, 0.15) is 19.4 Å². The summed E-state index contributed by atoms with van der Waals surface area (Å²) in [6.07, 6.45) is 1.68. The molecule has 0 amide bonds. The van der Waals surface area contributed by atoms with Gasteiger partial charge in [0.2, 0.25) is 5.82 Å². The lowest BCUT2D eigenvalue weighted by molar-refractivity contribution is -0.385. The molecule has 1 N–H and O–H groups in total. The lowest BCUT2D eigenvalue weighted by Crippen LogP contribution is -2.18. The second kappa shape index (κ2) is 10.8. The summed E-state index contributed by atoms with van der Waals surface area (Å²) in [5.74, 6) is -0.634. The summed E-state index contributed by atoms with van der Waals surface area (Å²) in [6.45, 7) is 3.64. The zero-order chi connectivity index (χ0) is 22.1. The molecule has 12 heteroatoms. The largest absolute Gasteiger partial charge is 0.494 e. The predicted octanol–water partition coefficient (Wildman–Crippen LogP) is 3.14. The minimum absolute atomic E-state index is 0.127. The fourth-order valence-corrected chi connectivity index (χ4v) is 2.65. The summed E-state index contributed by atoms with van der Waals surface area (Å²) in [6, 6.07) is 6.38. The van der Waals surface area contributed by atoms with Crippen LogP contribution in [0.5, 0.6) is 17.4 Å². The Morgan fingerprint density at radius 3 is 2.60 bits per heavy atom. The molecule has 1 aromatic heterocycles. The molecular weight excluding hydrogens is 414 g/mol. The number of rotatable bonds is 10. The van der Waals surface area contributed by atoms with Gasteiger partial charge in [-0.05, 0) is 32.2 Å². The summed E-state index contributed by atoms with van der Waals surface area (Å²) in [5, 5.41) is 23.7. The Bertz CT molecular complexity index is 978. The van der Waals surface area contributed by atoms with E-state index in [1.54, 1.807) is 20.1 Å². The predicted molar refractivity (Wildman–Crippen MR) is 108 cm³/mol. The van der Waals surface area contributed by atoms with Gasteiger partial charge in [0.25, 0.3) is 0 Å². The highest BCUT2D eigenvalue weighted by Gasteiger charge is 2.27. The van der Waals surface area contributed by atoms with Crippen LogP contribution in [-0.4, -0.2) is 46.9 Å². The number of esters is 1. The Morgan fingerprint density at radius 2 is 2.00 bits per heavy atom. The van der Waals surface area contributed by atoms with Crippen molar-refractivity contribution < 1.29 is 23.9 Å². The van der Waals surface area contributed by atoms with E-state index in [1.807, 2.05) is 6.07 Å². The Morgan fingerprint density at radius 1 is 1.27 bits per heavy atom. The molecule has 1 heterocycles. The van der Waals surface area contributed by atoms with Gasteiger partial charge in [-0.25, -0.2) is 0 Å². The maximum Gasteiger partial charge on any atom is 0.373 e. The monoisotopic (exact) mass is 433 g/mol. The van der Waals surface area contributed by atoms with Gasteiger partial charge in [-0.15, -0.1) is 0 Å². The molecule has 0 fully saturated rings. The smallest absolute Gasteiger partial charge is 0.373 e. The Balaban J connectivity index is 2.47. The van der Waals surface area contributed by atoms with Crippen molar-refractivity contribution in [2.75, 3.05) is 31.3 Å². The number of anilines is 1. The van der Waals surface area contributed by atoms with Crippen LogP contribution in [0.2, 0.25) is 0 Å². The molecule has 0 saturated carbocycles. The molecule has 1 aromatic carbocycles. The number of carbonyl (C=O) groups is 1. The van der Waals surface area contributed by atoms with Crippen molar-refractivity contribution in [3.63, 3.8) is 0 Å². The lowest BCUT2D eigenvalue weighted by atomic mass is 10.2. The van der Waals surface area contributed by atoms with Gasteiger partial charge in [0.1, 0.15) is 18.0 Å². The fraction of sp³-hybridized carbons (Fsp3) is 0.333. The van der Waals surface area contributed by atoms with Gasteiger partial charge in [-0.2, -0.15) is 15.2 Å². The van der Waals surface area contributed by atoms with Crippen molar-refractivity contribution in [1.82, 2.24) is 9.97 Å². The summed E-state index contributed by atoms with van der Waals surface area (Å²) in [5.41, 5.74) is -0.309. The number of hydrogen-bond donors (Lipinski definition) is 1. The fourth-order valence-electron chi connectivity index (χ4n) is 2.29. The molecule has 0 aliphatic rings. The van der Waals surface area contributed by atoms with Crippen LogP contribution >= 0.6 is 11.8 Å². The molecule has 0 aliphatic carbocycles. The van der Waals surface area contributed by atoms with Crippen LogP contribution in [0.4, 0.5) is 11.5 Å². The molecule has 0 radical (unpaired) electrons. The minimum atomic E-state index is -0.718. The maximum atomic E-state index is 11.7. The van der Waals surface area contributed by atoms with Crippen LogP contribution < -0.4 is 14.8 Å². The number of thioether (sulfide) groups is 1. The van der Waals surface area contributed by atoms with Gasteiger partial charge in [0.05, 0.1) is 29.8 Å². The van der Waals surface area contributed by atoms with Crippen LogP contribution in [-0.2, 0) is 9.53 Å². The average Bonchev–Trinajstić information content (AvgIpc) is 2.71. The van der Waals surface area contributed by atoms with Crippen molar-refractivity contribution in [3.8, 4) is 23.4 Å². The Hall–Kier alpha value is -3.59. The van der Waals surface area contributed by atoms with Gasteiger partial charge in [0.15, 0.2) is 5.16 Å². The average molecular weight is 433 g/mol. The molecule has 0 bridgehead atoms. The van der Waals surface area contributed by atoms with Crippen LogP contribution in [0.3, 0.4) is 0 Å². The Labute approximate surface area is 176 Å². The molecule has 30 heavy (non-hydrogen) atoms. The number of nitrogens with zero attached hydrogens (tertiary/aromatic N) is 4. The normalized spacial score (nSPS) is 10.1. The first-order valence-corrected chi connectivity index (χ1v) is 10.00. The van der Waals surface area contributed by atoms with E-state index in [0.717, 1.165) is 11.8 Å². The standard InChI is InChI=1S/C18H19N5O6S/c1-4-27-12-6-11(9-19)7-13(8-12)29-17-15(23(25)26)16(21-18(22-17)30-3)20-10-14(24)28-5-2/h6-8H,4-5,10H2,1-3H3,(H,20,21,22). The third-order valence-electron chi connectivity index (χ3n) is 3.44. The number of hydrogen-bond acceptors (Lipinski definition) is 11. The zero-order valence-corrected chi connectivity index (χ0v) is 17.3. The van der Waals surface area contributed by atoms with E-state index < -0.39 is 16.6 Å². The maximum absolute atomic E-state index is 11.7. The topological polar surface area (TPSA) is 150 Å². The summed E-state index contributed by atoms with van der Waals surface area (Å²) in [7, 11) is 0. The van der Waals surface area contributed by atoms with Crippen LogP contribution in [0.15, 0.2) is 23.4 Å². The van der Waals surface area contributed by atoms with Crippen molar-refractivity contribution in [1.29, 1.82) is 5.26 Å². The minimum Gasteiger partial charge on any atom is -0.494 e. The van der Waals surface area contributed by atoms with E-state index >= 15 is 0 Å². The molecule has 0 saturated heterocycles. The van der Waals surface area contributed by atoms with Crippen LogP contribution in [0, 0.1) is 21.4 Å². The third-order valence-corrected chi connectivity index (χ3v) is 3.98. The van der Waals surface area contributed by atoms with Gasteiger partial charge in [-0.1, -0.05) is 11.8 Å². The van der Waals surface area contributed by atoms with E-state index in [0.29, 0.717) is 12.4 Å². The number of nitrogens with one attached hydrogen (secondary N) is 1. The summed E-state index contributed by atoms with van der Waals surface area (Å²) < 4.78 is 15.9. The number of nitro groups is 1. The second-order valence-electron chi connectivity index (χ2n) is 5.47. The van der Waals surface area contributed by atoms with Gasteiger partial charge >= 0.3 is 17.5 Å². The molecule has 0 unspecified atom stereocenters. The molecule has 0 spiro atoms. The van der Waals surface area contributed by atoms with Crippen LogP contribution in [0.25, 0.3) is 0 Å². The summed E-state index contributed by atoms with van der Waals surface area (Å²) in [4.78, 5) is 30.7. The number of benzene rings is 1. The number of carbonyl (C=O) groups excluding carboxylic acids is 1. The van der Waals surface area contributed by atoms with E-state index in [2.05, 4.69) is 15.3 Å². The highest BCUT2D eigenvalue weighted by molar-refractivity contribution is 7.98. The lowest BCUT2D eigenvalue weighted by Gasteiger charge is -2.12. The van der Waals surface area contributed by atoms with E-state index in [-0.39, 0.29) is 41.3 Å². The highest BCUT2D eigenvalue weighted by Crippen LogP contribution is 2.37. The Kier molecular flexibility index (Phi) is 8.18. The quantitative estimate of drug-likeness (QED) is 0.193. The molecule has 2 rings (SSSR count). The van der Waals surface area contributed by atoms with Gasteiger partial charge in [-0.3, -0.25) is 14.9 Å². The zero-order valence-electron chi connectivity index (χ0n) is 16.5. The second-order valence-corrected chi connectivity index (χ2v) is 6.24. The van der Waals surface area contributed by atoms with Gasteiger partial charge in [0, 0.05) is 6.07 Å². The molecule has 0 aliphatic heterocycles. The summed E-state index contributed by atoms with van der Waals surface area (Å²) >= 11 is 1.13. The molecule has 158 valence electrons. The number of ether oxygens (including phenoxy) is 3. The van der Waals surface area contributed by atoms with Crippen molar-refractivity contribution in [2.24, 2.45) is 0 Å². The highest BCUT2D eigenvalue weighted by atomic mass is 32.2. The van der Waals surface area contributed by atoms with Crippen molar-refractivity contribution >= 4 is 29.2 Å². The number of aromatic nitrogens is 2. The van der Waals surface area contributed by atoms with E-state index in [9.17, 15) is 20.2 Å². The van der Waals surface area contributed by atoms with Gasteiger partial charge < -0.3 is 19.5 Å². The SMILES string of the molecule is CCOC(=O)CNc1nc(SC)nc(Oc2cc(C#N)cc(OCC)c2)c1[N+](=O)[O-]. The number of nitriles is 1.